The van der Waals surface area contributed by atoms with Crippen LogP contribution in [0.5, 0.6) is 0 Å². The Morgan fingerprint density at radius 2 is 1.73 bits per heavy atom. The molecule has 0 spiro atoms. The van der Waals surface area contributed by atoms with Crippen LogP contribution >= 0.6 is 15.6 Å². The van der Waals surface area contributed by atoms with Crippen LogP contribution in [-0.2, 0) is 36.7 Å². The number of phosphoric acid groups is 2. The highest BCUT2D eigenvalue weighted by molar-refractivity contribution is 7.61. The van der Waals surface area contributed by atoms with Crippen molar-refractivity contribution in [2.45, 2.75) is 49.1 Å². The van der Waals surface area contributed by atoms with Gasteiger partial charge in [-0.15, -0.1) is 0 Å². The largest absolute Gasteiger partial charge is 0.481 e. The minimum Gasteiger partial charge on any atom is -0.387 e. The van der Waals surface area contributed by atoms with Crippen LogP contribution in [0, 0.1) is 0 Å². The van der Waals surface area contributed by atoms with Gasteiger partial charge in [-0.05, 0) is 6.07 Å². The molecule has 10 atom stereocenters. The molecular weight excluding hydrogens is 648 g/mol. The number of hydrogen-bond acceptors (Lipinski definition) is 16. The summed E-state index contributed by atoms with van der Waals surface area (Å²) in [7, 11) is -9.42. The molecular formula is C22H30N7O14P2+. The Labute approximate surface area is 253 Å². The van der Waals surface area contributed by atoms with Crippen LogP contribution in [0.15, 0.2) is 37.2 Å². The van der Waals surface area contributed by atoms with Crippen molar-refractivity contribution in [1.82, 2.24) is 19.5 Å². The van der Waals surface area contributed by atoms with E-state index < -0.39 is 83.8 Å². The molecule has 5 heterocycles. The van der Waals surface area contributed by atoms with Crippen molar-refractivity contribution in [3.8, 4) is 0 Å². The first-order chi connectivity index (χ1) is 21.2. The number of carbonyl (C=O) groups is 1. The van der Waals surface area contributed by atoms with Gasteiger partial charge in [-0.1, -0.05) is 0 Å². The summed E-state index contributed by atoms with van der Waals surface area (Å²) in [4.78, 5) is 43.7. The molecule has 3 aromatic heterocycles. The van der Waals surface area contributed by atoms with Crippen LogP contribution in [-0.4, -0.2) is 107 Å². The quantitative estimate of drug-likeness (QED) is 0.0778. The second kappa shape index (κ2) is 13.0. The molecule has 0 aliphatic carbocycles. The molecule has 1 amide bonds. The molecule has 9 N–H and O–H groups in total. The number of aliphatic hydroxyl groups excluding tert-OH is 3. The van der Waals surface area contributed by atoms with E-state index in [1.807, 2.05) is 0 Å². The number of imidazole rings is 1. The van der Waals surface area contributed by atoms with Crippen LogP contribution < -0.4 is 16.0 Å². The van der Waals surface area contributed by atoms with Gasteiger partial charge in [0.1, 0.15) is 47.9 Å². The summed E-state index contributed by atoms with van der Waals surface area (Å²) >= 11 is 0. The van der Waals surface area contributed by atoms with Crippen LogP contribution in [0.25, 0.3) is 11.2 Å². The Bertz CT molecular complexity index is 1650. The lowest BCUT2D eigenvalue weighted by molar-refractivity contribution is -0.765. The van der Waals surface area contributed by atoms with Crippen molar-refractivity contribution >= 4 is 38.5 Å². The van der Waals surface area contributed by atoms with Crippen LogP contribution in [0.3, 0.4) is 0 Å². The van der Waals surface area contributed by atoms with Crippen molar-refractivity contribution < 1.29 is 71.2 Å². The second-order valence-corrected chi connectivity index (χ2v) is 12.9. The minimum atomic E-state index is -5.34. The first-order valence-corrected chi connectivity index (χ1v) is 16.0. The predicted molar refractivity (Wildman–Crippen MR) is 144 cm³/mol. The molecule has 2 unspecified atom stereocenters. The van der Waals surface area contributed by atoms with E-state index in [4.69, 9.17) is 34.7 Å². The maximum Gasteiger partial charge on any atom is 0.481 e. The molecule has 45 heavy (non-hydrogen) atoms. The number of nitrogens with zero attached hydrogens (tertiary/aromatic N) is 5. The monoisotopic (exact) mass is 678 g/mol. The standard InChI is InChI=1S/C22H29N7O14P2/c1-38-17-12(42-22(16(17)32)29-9-27-13-18(23)25-8-26-20(13)29)7-40-45(36,37)43-44(34,35)39-6-11-14(30)15(31)21(41-11)28-4-2-3-10(5-28)19(24)33/h2-5,8-9,11-12,14-17,21-22,30-32H,6-7H2,1H3,(H5-,23,24,25,26,33,34,35,36,37)/p+1/t11-,12-,14-,15-,16-,17-,21-,22-/m1/s1. The Hall–Kier alpha value is -3.01. The first-order valence-electron chi connectivity index (χ1n) is 13.0. The molecule has 246 valence electrons. The summed E-state index contributed by atoms with van der Waals surface area (Å²) in [6.45, 7) is -1.64. The topological polar surface area (TPSA) is 307 Å². The molecule has 0 bridgehead atoms. The fourth-order valence-electron chi connectivity index (χ4n) is 4.85. The number of ether oxygens (including phenoxy) is 3. The van der Waals surface area contributed by atoms with E-state index in [0.29, 0.717) is 0 Å². The zero-order valence-electron chi connectivity index (χ0n) is 23.2. The number of aromatic nitrogens is 5. The normalized spacial score (nSPS) is 31.2. The number of rotatable bonds is 12. The lowest BCUT2D eigenvalue weighted by atomic mass is 10.1. The highest BCUT2D eigenvalue weighted by Crippen LogP contribution is 2.60. The van der Waals surface area contributed by atoms with Gasteiger partial charge in [0.25, 0.3) is 12.1 Å². The summed E-state index contributed by atoms with van der Waals surface area (Å²) in [5.41, 5.74) is 11.6. The number of phosphoric ester groups is 2. The maximum absolute atomic E-state index is 12.6. The molecule has 0 radical (unpaired) electrons. The Morgan fingerprint density at radius 1 is 1.04 bits per heavy atom. The zero-order chi connectivity index (χ0) is 32.7. The van der Waals surface area contributed by atoms with E-state index in [9.17, 15) is 39.0 Å². The zero-order valence-corrected chi connectivity index (χ0v) is 25.0. The SMILES string of the molecule is CO[C@H]1[C@@H](O)[C@H](n2cnc3c(N)ncnc32)O[C@@H]1COP(=O)(O)OP(=O)(O)OC[C@H]1O[C@@H]([n+]2cccc(C(N)=O)c2)[C@H](O)[C@@H]1O. The van der Waals surface area contributed by atoms with E-state index >= 15 is 0 Å². The van der Waals surface area contributed by atoms with E-state index in [-0.39, 0.29) is 22.5 Å². The minimum absolute atomic E-state index is 0.0780. The molecule has 5 rings (SSSR count). The first kappa shape index (κ1) is 33.4. The average molecular weight is 678 g/mol. The molecule has 23 heteroatoms. The number of primary amides is 1. The highest BCUT2D eigenvalue weighted by atomic mass is 31.3. The van der Waals surface area contributed by atoms with Gasteiger partial charge in [-0.2, -0.15) is 8.88 Å². The van der Waals surface area contributed by atoms with Crippen molar-refractivity contribution in [3.05, 3.63) is 42.7 Å². The summed E-state index contributed by atoms with van der Waals surface area (Å²) < 4.78 is 58.1. The second-order valence-electron chi connectivity index (χ2n) is 9.90. The fourth-order valence-corrected chi connectivity index (χ4v) is 6.94. The van der Waals surface area contributed by atoms with E-state index in [1.165, 1.54) is 53.4 Å². The van der Waals surface area contributed by atoms with Crippen molar-refractivity contribution in [2.75, 3.05) is 26.1 Å². The van der Waals surface area contributed by atoms with Crippen LogP contribution in [0.1, 0.15) is 22.8 Å². The summed E-state index contributed by atoms with van der Waals surface area (Å²) in [6.07, 6.45) is -5.51. The van der Waals surface area contributed by atoms with Crippen molar-refractivity contribution in [1.29, 1.82) is 0 Å². The maximum atomic E-state index is 12.6. The molecule has 0 saturated carbocycles. The predicted octanol–water partition coefficient (Wildman–Crippen LogP) is -2.36. The van der Waals surface area contributed by atoms with Gasteiger partial charge in [0.2, 0.25) is 0 Å². The molecule has 2 fully saturated rings. The summed E-state index contributed by atoms with van der Waals surface area (Å²) in [6, 6.07) is 2.85. The number of nitrogens with two attached hydrogens (primary N) is 2. The number of pyridine rings is 1. The summed E-state index contributed by atoms with van der Waals surface area (Å²) in [5.74, 6) is -0.672. The smallest absolute Gasteiger partial charge is 0.387 e. The van der Waals surface area contributed by atoms with Gasteiger partial charge in [0.15, 0.2) is 36.2 Å². The molecule has 3 aromatic rings. The van der Waals surface area contributed by atoms with Gasteiger partial charge in [-0.25, -0.2) is 24.1 Å². The van der Waals surface area contributed by atoms with Crippen LogP contribution in [0.2, 0.25) is 0 Å². The Morgan fingerprint density at radius 3 is 2.40 bits per heavy atom. The number of fused-ring (bicyclic) bond motifs is 1. The molecule has 0 aromatic carbocycles. The van der Waals surface area contributed by atoms with Gasteiger partial charge < -0.3 is 50.8 Å². The van der Waals surface area contributed by atoms with E-state index in [2.05, 4.69) is 19.3 Å². The lowest BCUT2D eigenvalue weighted by Gasteiger charge is -2.21. The number of amides is 1. The Kier molecular flexibility index (Phi) is 9.64. The number of methoxy groups -OCH3 is 1. The van der Waals surface area contributed by atoms with Crippen molar-refractivity contribution in [3.63, 3.8) is 0 Å². The number of carbonyl (C=O) groups excluding carboxylic acids is 1. The number of nitrogen functional groups attached to an aromatic ring is 1. The van der Waals surface area contributed by atoms with Crippen LogP contribution in [0.4, 0.5) is 5.82 Å². The molecule has 2 aliphatic rings. The lowest BCUT2D eigenvalue weighted by Crippen LogP contribution is -2.46. The Balaban J connectivity index is 1.17. The van der Waals surface area contributed by atoms with Gasteiger partial charge in [0, 0.05) is 13.2 Å². The average Bonchev–Trinajstić information content (AvgIpc) is 3.64. The number of hydrogen-bond donors (Lipinski definition) is 7. The molecule has 2 saturated heterocycles. The third kappa shape index (κ3) is 7.05. The highest BCUT2D eigenvalue weighted by Gasteiger charge is 2.50. The van der Waals surface area contributed by atoms with E-state index in [1.54, 1.807) is 0 Å². The van der Waals surface area contributed by atoms with Gasteiger partial charge in [-0.3, -0.25) is 18.4 Å². The third-order valence-electron chi connectivity index (χ3n) is 6.99. The number of aliphatic hydroxyl groups is 3. The number of anilines is 1. The molecule has 21 nitrogen and oxygen atoms in total. The fraction of sp³-hybridized carbons (Fsp3) is 0.500. The molecule has 2 aliphatic heterocycles. The van der Waals surface area contributed by atoms with Crippen molar-refractivity contribution in [2.24, 2.45) is 5.73 Å². The summed E-state index contributed by atoms with van der Waals surface area (Å²) in [5, 5.41) is 31.6. The van der Waals surface area contributed by atoms with Gasteiger partial charge >= 0.3 is 15.6 Å². The van der Waals surface area contributed by atoms with E-state index in [0.717, 1.165) is 0 Å². The third-order valence-corrected chi connectivity index (χ3v) is 9.59. The van der Waals surface area contributed by atoms with Gasteiger partial charge in [0.05, 0.1) is 19.5 Å².